The number of ether oxygens (including phenoxy) is 1. The van der Waals surface area contributed by atoms with Crippen molar-refractivity contribution in [1.29, 1.82) is 0 Å². The lowest BCUT2D eigenvalue weighted by Crippen LogP contribution is -2.72. The maximum absolute atomic E-state index is 5.18. The van der Waals surface area contributed by atoms with Crippen LogP contribution in [-0.4, -0.2) is 38.9 Å². The van der Waals surface area contributed by atoms with Gasteiger partial charge in [-0.1, -0.05) is 6.58 Å². The van der Waals surface area contributed by atoms with Crippen LogP contribution in [0.2, 0.25) is 0 Å². The Morgan fingerprint density at radius 2 is 1.64 bits per heavy atom. The first-order chi connectivity index (χ1) is 13.4. The summed E-state index contributed by atoms with van der Waals surface area (Å²) < 4.78 is 5.18. The van der Waals surface area contributed by atoms with Gasteiger partial charge >= 0.3 is 0 Å². The summed E-state index contributed by atoms with van der Waals surface area (Å²) in [5, 5.41) is 11.8. The van der Waals surface area contributed by atoms with Crippen LogP contribution in [0.4, 0.5) is 17.1 Å². The summed E-state index contributed by atoms with van der Waals surface area (Å²) in [4.78, 5) is 1.95. The van der Waals surface area contributed by atoms with Crippen molar-refractivity contribution in [3.63, 3.8) is 0 Å². The minimum Gasteiger partial charge on any atom is -0.497 e. The highest BCUT2D eigenvalue weighted by atomic mass is 16.5. The van der Waals surface area contributed by atoms with Crippen LogP contribution in [0.1, 0.15) is 6.92 Å². The molecule has 0 saturated carbocycles. The predicted octanol–water partition coefficient (Wildman–Crippen LogP) is 3.36. The van der Waals surface area contributed by atoms with E-state index in [0.29, 0.717) is 0 Å². The smallest absolute Gasteiger partial charge is 0.119 e. The molecule has 0 heterocycles. The minimum absolute atomic E-state index is 0.839. The Morgan fingerprint density at radius 3 is 2.18 bits per heavy atom. The molecule has 0 saturated heterocycles. The lowest BCUT2D eigenvalue weighted by Gasteiger charge is -2.19. The second kappa shape index (κ2) is 10.2. The zero-order chi connectivity index (χ0) is 20.5. The van der Waals surface area contributed by atoms with Gasteiger partial charge in [-0.2, -0.15) is 5.10 Å². The van der Waals surface area contributed by atoms with Gasteiger partial charge in [0.05, 0.1) is 37.5 Å². The van der Waals surface area contributed by atoms with Gasteiger partial charge in [-0.3, -0.25) is 5.01 Å². The van der Waals surface area contributed by atoms with Crippen molar-refractivity contribution in [3.05, 3.63) is 73.2 Å². The largest absolute Gasteiger partial charge is 0.497 e. The number of nitrogens with zero attached hydrogens (tertiary/aromatic N) is 3. The van der Waals surface area contributed by atoms with Gasteiger partial charge in [0.15, 0.2) is 0 Å². The highest BCUT2D eigenvalue weighted by Gasteiger charge is 2.06. The van der Waals surface area contributed by atoms with E-state index in [9.17, 15) is 0 Å². The average Bonchev–Trinajstić information content (AvgIpc) is 2.72. The zero-order valence-corrected chi connectivity index (χ0v) is 17.3. The summed E-state index contributed by atoms with van der Waals surface area (Å²) in [6, 6.07) is 15.9. The van der Waals surface area contributed by atoms with Crippen LogP contribution in [0, 0.1) is 0 Å². The van der Waals surface area contributed by atoms with Gasteiger partial charge in [-0.15, -0.1) is 0 Å². The highest BCUT2D eigenvalue weighted by Crippen LogP contribution is 2.22. The van der Waals surface area contributed by atoms with E-state index >= 15 is 0 Å². The maximum atomic E-state index is 5.18. The van der Waals surface area contributed by atoms with Crippen LogP contribution in [0.3, 0.4) is 0 Å². The Bertz CT molecular complexity index is 825. The molecule has 0 fully saturated rings. The molecular weight excluding hydrogens is 350 g/mol. The molecule has 0 aliphatic carbocycles. The van der Waals surface area contributed by atoms with Crippen molar-refractivity contribution in [1.82, 2.24) is 4.90 Å². The van der Waals surface area contributed by atoms with E-state index in [2.05, 4.69) is 17.0 Å². The van der Waals surface area contributed by atoms with Crippen LogP contribution in [-0.2, 0) is 0 Å². The van der Waals surface area contributed by atoms with Gasteiger partial charge in [0.2, 0.25) is 0 Å². The van der Waals surface area contributed by atoms with Gasteiger partial charge in [0, 0.05) is 25.5 Å². The molecule has 6 nitrogen and oxygen atoms in total. The van der Waals surface area contributed by atoms with E-state index in [1.165, 1.54) is 0 Å². The fourth-order valence-electron chi connectivity index (χ4n) is 2.50. The van der Waals surface area contributed by atoms with Crippen LogP contribution in [0.15, 0.2) is 78.3 Å². The van der Waals surface area contributed by atoms with E-state index < -0.39 is 0 Å². The van der Waals surface area contributed by atoms with Gasteiger partial charge in [-0.05, 0) is 55.5 Å². The molecule has 0 amide bonds. The number of hydrogen-bond donors (Lipinski definition) is 2. The first-order valence-corrected chi connectivity index (χ1v) is 9.13. The van der Waals surface area contributed by atoms with Crippen LogP contribution in [0.25, 0.3) is 0 Å². The molecule has 0 bridgehead atoms. The Hall–Kier alpha value is -3.25. The van der Waals surface area contributed by atoms with Crippen molar-refractivity contribution in [2.24, 2.45) is 5.10 Å². The second-order valence-corrected chi connectivity index (χ2v) is 6.34. The number of methoxy groups -OCH3 is 1. The number of allylic oxidation sites excluding steroid dienone is 1. The highest BCUT2D eigenvalue weighted by molar-refractivity contribution is 5.97. The third-order valence-corrected chi connectivity index (χ3v) is 4.27. The third kappa shape index (κ3) is 5.89. The van der Waals surface area contributed by atoms with Gasteiger partial charge in [-0.25, -0.2) is 0 Å². The molecule has 148 valence electrons. The zero-order valence-electron chi connectivity index (χ0n) is 17.3. The molecule has 0 unspecified atom stereocenters. The molecule has 0 aromatic heterocycles. The molecule has 0 aliphatic rings. The number of nitrogens with one attached hydrogen (secondary N) is 1. The van der Waals surface area contributed by atoms with Crippen molar-refractivity contribution in [3.8, 4) is 5.75 Å². The number of hydrogen-bond acceptors (Lipinski definition) is 5. The molecule has 2 rings (SSSR count). The van der Waals surface area contributed by atoms with Gasteiger partial charge in [0.1, 0.15) is 11.9 Å². The molecule has 0 atom stereocenters. The van der Waals surface area contributed by atoms with Crippen LogP contribution in [0.5, 0.6) is 5.75 Å². The van der Waals surface area contributed by atoms with Crippen molar-refractivity contribution in [2.45, 2.75) is 6.92 Å². The van der Waals surface area contributed by atoms with Crippen molar-refractivity contribution < 1.29 is 10.1 Å². The fraction of sp³-hybridized carbons (Fsp3) is 0.227. The predicted molar refractivity (Wildman–Crippen MR) is 118 cm³/mol. The normalized spacial score (nSPS) is 11.4. The Labute approximate surface area is 167 Å². The van der Waals surface area contributed by atoms with E-state index in [-0.39, 0.29) is 0 Å². The Balaban J connectivity index is 2.02. The summed E-state index contributed by atoms with van der Waals surface area (Å²) in [6.07, 6.45) is 3.93. The van der Waals surface area contributed by atoms with Gasteiger partial charge < -0.3 is 20.3 Å². The Kier molecular flexibility index (Phi) is 7.65. The van der Waals surface area contributed by atoms with E-state index in [0.717, 1.165) is 34.2 Å². The van der Waals surface area contributed by atoms with E-state index in [1.54, 1.807) is 7.11 Å². The number of anilines is 3. The minimum atomic E-state index is 0.839. The maximum Gasteiger partial charge on any atom is 0.119 e. The molecule has 2 aromatic carbocycles. The van der Waals surface area contributed by atoms with Crippen molar-refractivity contribution >= 4 is 22.8 Å². The molecule has 0 radical (unpaired) electrons. The lowest BCUT2D eigenvalue weighted by atomic mass is 10.2. The SMILES string of the molecule is C=C(/C(C)=N/N(C)c1ccc(Nc2ccc(OC)cc2)cc1)N(C)/C=C\[NH2+]C. The molecule has 3 N–H and O–H groups in total. The third-order valence-electron chi connectivity index (χ3n) is 4.27. The standard InChI is InChI=1S/C22H29N5O/c1-17(18(2)26(4)16-15-23-3)25-27(5)21-11-7-19(8-12-21)24-20-9-13-22(28-6)14-10-20/h7-16,23-24H,2H2,1,3-6H3/p+1/b16-15-,25-17+. The summed E-state index contributed by atoms with van der Waals surface area (Å²) in [5.74, 6) is 0.839. The summed E-state index contributed by atoms with van der Waals surface area (Å²) in [6.45, 7) is 6.07. The quantitative estimate of drug-likeness (QED) is 0.517. The number of hydrazone groups is 1. The molecule has 0 spiro atoms. The fourth-order valence-corrected chi connectivity index (χ4v) is 2.50. The molecule has 0 aliphatic heterocycles. The first-order valence-electron chi connectivity index (χ1n) is 9.13. The Morgan fingerprint density at radius 1 is 1.07 bits per heavy atom. The monoisotopic (exact) mass is 380 g/mol. The van der Waals surface area contributed by atoms with Crippen molar-refractivity contribution in [2.75, 3.05) is 38.6 Å². The molecule has 2 aromatic rings. The second-order valence-electron chi connectivity index (χ2n) is 6.34. The number of benzene rings is 2. The summed E-state index contributed by atoms with van der Waals surface area (Å²) in [5.41, 5.74) is 4.71. The molecule has 6 heteroatoms. The molecular formula is C22H30N5O+. The van der Waals surface area contributed by atoms with Gasteiger partial charge in [0.25, 0.3) is 0 Å². The number of nitrogens with two attached hydrogens (primary N) is 1. The first kappa shape index (κ1) is 21.1. The van der Waals surface area contributed by atoms with Crippen LogP contribution >= 0.6 is 0 Å². The number of quaternary nitrogens is 1. The number of rotatable bonds is 9. The summed E-state index contributed by atoms with van der Waals surface area (Å²) in [7, 11) is 7.53. The lowest BCUT2D eigenvalue weighted by molar-refractivity contribution is -0.557. The summed E-state index contributed by atoms with van der Waals surface area (Å²) >= 11 is 0. The topological polar surface area (TPSA) is 56.7 Å². The van der Waals surface area contributed by atoms with E-state index in [1.807, 2.05) is 104 Å². The average molecular weight is 381 g/mol. The van der Waals surface area contributed by atoms with E-state index in [4.69, 9.17) is 4.74 Å². The molecule has 28 heavy (non-hydrogen) atoms. The van der Waals surface area contributed by atoms with Crippen LogP contribution < -0.4 is 20.4 Å².